The number of rotatable bonds is 6. The van der Waals surface area contributed by atoms with Gasteiger partial charge in [-0.2, -0.15) is 0 Å². The van der Waals surface area contributed by atoms with Gasteiger partial charge in [0, 0.05) is 24.2 Å². The van der Waals surface area contributed by atoms with E-state index in [2.05, 4.69) is 10.6 Å². The van der Waals surface area contributed by atoms with E-state index < -0.39 is 0 Å². The van der Waals surface area contributed by atoms with Gasteiger partial charge in [-0.15, -0.1) is 0 Å². The second-order valence-electron chi connectivity index (χ2n) is 6.92. The first kappa shape index (κ1) is 20.7. The molecule has 0 radical (unpaired) electrons. The molecule has 1 aliphatic heterocycles. The van der Waals surface area contributed by atoms with Gasteiger partial charge in [-0.3, -0.25) is 9.59 Å². The molecule has 2 amide bonds. The fourth-order valence-corrected chi connectivity index (χ4v) is 2.97. The van der Waals surface area contributed by atoms with Gasteiger partial charge in [-0.05, 0) is 41.5 Å². The number of ether oxygens (including phenoxy) is 2. The molecule has 2 aromatic rings. The molecule has 1 heterocycles. The Hall–Kier alpha value is -2.99. The third-order valence-corrected chi connectivity index (χ3v) is 4.51. The second-order valence-corrected chi connectivity index (χ2v) is 7.33. The van der Waals surface area contributed by atoms with Gasteiger partial charge in [-0.25, -0.2) is 0 Å². The fourth-order valence-electron chi connectivity index (χ4n) is 2.69. The van der Waals surface area contributed by atoms with Crippen LogP contribution in [0.25, 0.3) is 6.08 Å². The highest BCUT2D eigenvalue weighted by Crippen LogP contribution is 2.38. The zero-order valence-electron chi connectivity index (χ0n) is 16.3. The van der Waals surface area contributed by atoms with Gasteiger partial charge in [-0.1, -0.05) is 37.6 Å². The van der Waals surface area contributed by atoms with Crippen molar-refractivity contribution in [2.75, 3.05) is 18.5 Å². The minimum absolute atomic E-state index is 0.0489. The molecule has 3 rings (SSSR count). The Morgan fingerprint density at radius 1 is 1.17 bits per heavy atom. The second kappa shape index (κ2) is 9.47. The molecular formula is C22H23ClN2O4. The molecular weight excluding hydrogens is 392 g/mol. The van der Waals surface area contributed by atoms with Crippen LogP contribution < -0.4 is 20.1 Å². The number of amides is 2. The lowest BCUT2D eigenvalue weighted by Gasteiger charge is -2.19. The molecule has 0 bridgehead atoms. The van der Waals surface area contributed by atoms with Crippen LogP contribution in [0.4, 0.5) is 5.69 Å². The van der Waals surface area contributed by atoms with Gasteiger partial charge in [0.25, 0.3) is 0 Å². The average molecular weight is 415 g/mol. The van der Waals surface area contributed by atoms with Crippen LogP contribution >= 0.6 is 11.6 Å². The molecule has 29 heavy (non-hydrogen) atoms. The van der Waals surface area contributed by atoms with E-state index >= 15 is 0 Å². The van der Waals surface area contributed by atoms with Crippen molar-refractivity contribution >= 4 is 35.2 Å². The van der Waals surface area contributed by atoms with Gasteiger partial charge in [0.05, 0.1) is 5.02 Å². The number of hydrogen-bond donors (Lipinski definition) is 2. The highest BCUT2D eigenvalue weighted by atomic mass is 35.5. The maximum atomic E-state index is 12.2. The number of fused-ring (bicyclic) bond motifs is 1. The van der Waals surface area contributed by atoms with Crippen molar-refractivity contribution in [3.8, 4) is 11.5 Å². The van der Waals surface area contributed by atoms with Crippen molar-refractivity contribution in [1.82, 2.24) is 5.32 Å². The highest BCUT2D eigenvalue weighted by molar-refractivity contribution is 6.32. The Kier molecular flexibility index (Phi) is 6.77. The minimum atomic E-state index is -0.243. The van der Waals surface area contributed by atoms with E-state index in [1.807, 2.05) is 38.1 Å². The van der Waals surface area contributed by atoms with Gasteiger partial charge in [0.15, 0.2) is 11.5 Å². The summed E-state index contributed by atoms with van der Waals surface area (Å²) in [5.74, 6) is 0.713. The summed E-state index contributed by atoms with van der Waals surface area (Å²) >= 11 is 6.20. The number of hydrogen-bond acceptors (Lipinski definition) is 4. The number of halogens is 1. The van der Waals surface area contributed by atoms with Crippen molar-refractivity contribution in [2.24, 2.45) is 5.92 Å². The lowest BCUT2D eigenvalue weighted by molar-refractivity contribution is -0.119. The number of benzene rings is 2. The molecule has 6 nitrogen and oxygen atoms in total. The number of nitrogens with one attached hydrogen (secondary N) is 2. The Morgan fingerprint density at radius 2 is 1.97 bits per heavy atom. The first-order valence-electron chi connectivity index (χ1n) is 9.37. The largest absolute Gasteiger partial charge is 0.486 e. The predicted molar refractivity (Wildman–Crippen MR) is 113 cm³/mol. The molecule has 0 fully saturated rings. The lowest BCUT2D eigenvalue weighted by Crippen LogP contribution is -2.21. The first-order valence-corrected chi connectivity index (χ1v) is 9.75. The Morgan fingerprint density at radius 3 is 2.76 bits per heavy atom. The summed E-state index contributed by atoms with van der Waals surface area (Å²) in [7, 11) is 0. The van der Waals surface area contributed by atoms with Crippen LogP contribution in [0.1, 0.15) is 25.0 Å². The normalized spacial score (nSPS) is 12.8. The van der Waals surface area contributed by atoms with Crippen molar-refractivity contribution in [3.63, 3.8) is 0 Å². The molecule has 0 saturated carbocycles. The topological polar surface area (TPSA) is 76.7 Å². The summed E-state index contributed by atoms with van der Waals surface area (Å²) in [5, 5.41) is 6.11. The lowest BCUT2D eigenvalue weighted by atomic mass is 10.1. The molecule has 7 heteroatoms. The standard InChI is InChI=1S/C22H23ClN2O4/c1-14(2)22(27)25-17-5-3-4-16(10-17)13-24-20(26)7-6-15-11-18(23)21-19(12-15)28-8-9-29-21/h3-7,10-12,14H,8-9,13H2,1-2H3,(H,24,26)(H,25,27)/b7-6+. The van der Waals surface area contributed by atoms with Crippen LogP contribution in [0, 0.1) is 5.92 Å². The molecule has 1 aliphatic rings. The molecule has 0 aliphatic carbocycles. The molecule has 0 unspecified atom stereocenters. The minimum Gasteiger partial charge on any atom is -0.486 e. The van der Waals surface area contributed by atoms with E-state index in [-0.39, 0.29) is 17.7 Å². The van der Waals surface area contributed by atoms with Crippen molar-refractivity contribution in [2.45, 2.75) is 20.4 Å². The zero-order valence-corrected chi connectivity index (χ0v) is 17.1. The molecule has 0 atom stereocenters. The summed E-state index contributed by atoms with van der Waals surface area (Å²) in [6.07, 6.45) is 3.10. The maximum absolute atomic E-state index is 12.2. The monoisotopic (exact) mass is 414 g/mol. The van der Waals surface area contributed by atoms with Crippen molar-refractivity contribution in [1.29, 1.82) is 0 Å². The summed E-state index contributed by atoms with van der Waals surface area (Å²) in [6.45, 7) is 4.94. The number of carbonyl (C=O) groups is 2. The predicted octanol–water partition coefficient (Wildman–Crippen LogP) is 4.04. The third-order valence-electron chi connectivity index (χ3n) is 4.23. The Balaban J connectivity index is 1.58. The smallest absolute Gasteiger partial charge is 0.244 e. The Bertz CT molecular complexity index is 940. The summed E-state index contributed by atoms with van der Waals surface area (Å²) in [5.41, 5.74) is 2.33. The maximum Gasteiger partial charge on any atom is 0.244 e. The fraction of sp³-hybridized carbons (Fsp3) is 0.273. The van der Waals surface area contributed by atoms with Crippen LogP contribution in [-0.4, -0.2) is 25.0 Å². The average Bonchev–Trinajstić information content (AvgIpc) is 2.71. The molecule has 2 N–H and O–H groups in total. The summed E-state index contributed by atoms with van der Waals surface area (Å²) < 4.78 is 11.0. The molecule has 2 aromatic carbocycles. The Labute approximate surface area is 174 Å². The van der Waals surface area contributed by atoms with E-state index in [0.29, 0.717) is 42.0 Å². The van der Waals surface area contributed by atoms with E-state index in [4.69, 9.17) is 21.1 Å². The van der Waals surface area contributed by atoms with E-state index in [9.17, 15) is 9.59 Å². The summed E-state index contributed by atoms with van der Waals surface area (Å²) in [4.78, 5) is 24.0. The van der Waals surface area contributed by atoms with Crippen LogP contribution in [0.15, 0.2) is 42.5 Å². The zero-order chi connectivity index (χ0) is 20.8. The molecule has 152 valence electrons. The third kappa shape index (κ3) is 5.74. The molecule has 0 spiro atoms. The molecule has 0 saturated heterocycles. The van der Waals surface area contributed by atoms with Gasteiger partial charge in [0.1, 0.15) is 13.2 Å². The van der Waals surface area contributed by atoms with Gasteiger partial charge in [0.2, 0.25) is 11.8 Å². The SMILES string of the molecule is CC(C)C(=O)Nc1cccc(CNC(=O)/C=C/c2cc(Cl)c3c(c2)OCCO3)c1. The van der Waals surface area contributed by atoms with Gasteiger partial charge < -0.3 is 20.1 Å². The van der Waals surface area contributed by atoms with Gasteiger partial charge >= 0.3 is 0 Å². The van der Waals surface area contributed by atoms with E-state index in [1.165, 1.54) is 6.08 Å². The van der Waals surface area contributed by atoms with Crippen LogP contribution in [-0.2, 0) is 16.1 Å². The summed E-state index contributed by atoms with van der Waals surface area (Å²) in [6, 6.07) is 10.9. The van der Waals surface area contributed by atoms with E-state index in [1.54, 1.807) is 18.2 Å². The van der Waals surface area contributed by atoms with E-state index in [0.717, 1.165) is 11.1 Å². The number of carbonyl (C=O) groups excluding carboxylic acids is 2. The molecule has 0 aromatic heterocycles. The van der Waals surface area contributed by atoms with Crippen LogP contribution in [0.5, 0.6) is 11.5 Å². The van der Waals surface area contributed by atoms with Crippen LogP contribution in [0.3, 0.4) is 0 Å². The van der Waals surface area contributed by atoms with Crippen LogP contribution in [0.2, 0.25) is 5.02 Å². The quantitative estimate of drug-likeness (QED) is 0.699. The first-order chi connectivity index (χ1) is 13.9. The van der Waals surface area contributed by atoms with Crippen molar-refractivity contribution < 1.29 is 19.1 Å². The highest BCUT2D eigenvalue weighted by Gasteiger charge is 2.16. The number of anilines is 1. The van der Waals surface area contributed by atoms with Crippen molar-refractivity contribution in [3.05, 3.63) is 58.6 Å².